The monoisotopic (exact) mass is 264 g/mol. The molecule has 0 aromatic heterocycles. The highest BCUT2D eigenvalue weighted by Crippen LogP contribution is 2.32. The summed E-state index contributed by atoms with van der Waals surface area (Å²) in [6.45, 7) is 5.89. The lowest BCUT2D eigenvalue weighted by atomic mass is 9.98. The van der Waals surface area contributed by atoms with E-state index in [-0.39, 0.29) is 6.10 Å². The highest BCUT2D eigenvalue weighted by Gasteiger charge is 2.17. The van der Waals surface area contributed by atoms with Crippen LogP contribution in [-0.4, -0.2) is 26.4 Å². The first kappa shape index (κ1) is 14.2. The first-order valence-corrected chi connectivity index (χ1v) is 7.17. The first-order valence-electron chi connectivity index (χ1n) is 7.17. The predicted octanol–water partition coefficient (Wildman–Crippen LogP) is 3.77. The molecule has 1 aromatic rings. The summed E-state index contributed by atoms with van der Waals surface area (Å²) in [6.07, 6.45) is 3.59. The molecule has 1 heterocycles. The van der Waals surface area contributed by atoms with E-state index in [0.29, 0.717) is 12.5 Å². The maximum absolute atomic E-state index is 5.83. The Balaban J connectivity index is 2.02. The van der Waals surface area contributed by atoms with Crippen LogP contribution in [0.1, 0.15) is 44.6 Å². The van der Waals surface area contributed by atoms with Gasteiger partial charge in [0.25, 0.3) is 0 Å². The summed E-state index contributed by atoms with van der Waals surface area (Å²) in [5, 5.41) is 0. The van der Waals surface area contributed by atoms with Crippen LogP contribution in [0.5, 0.6) is 11.5 Å². The Morgan fingerprint density at radius 2 is 2.21 bits per heavy atom. The van der Waals surface area contributed by atoms with Crippen molar-refractivity contribution < 1.29 is 14.2 Å². The number of hydrogen-bond donors (Lipinski definition) is 0. The molecule has 3 heteroatoms. The van der Waals surface area contributed by atoms with E-state index in [2.05, 4.69) is 26.0 Å². The molecule has 19 heavy (non-hydrogen) atoms. The number of methoxy groups -OCH3 is 1. The fourth-order valence-corrected chi connectivity index (χ4v) is 2.30. The van der Waals surface area contributed by atoms with Crippen LogP contribution in [0.4, 0.5) is 0 Å². The minimum absolute atomic E-state index is 0.235. The molecule has 0 aliphatic carbocycles. The molecule has 2 atom stereocenters. The van der Waals surface area contributed by atoms with Gasteiger partial charge < -0.3 is 14.2 Å². The van der Waals surface area contributed by atoms with Gasteiger partial charge >= 0.3 is 0 Å². The van der Waals surface area contributed by atoms with Gasteiger partial charge in [-0.25, -0.2) is 0 Å². The van der Waals surface area contributed by atoms with Crippen molar-refractivity contribution in [2.75, 3.05) is 20.3 Å². The van der Waals surface area contributed by atoms with Crippen LogP contribution < -0.4 is 9.47 Å². The van der Waals surface area contributed by atoms with Crippen LogP contribution in [0.15, 0.2) is 18.2 Å². The summed E-state index contributed by atoms with van der Waals surface area (Å²) in [5.41, 5.74) is 1.30. The molecule has 2 unspecified atom stereocenters. The number of rotatable bonds is 6. The van der Waals surface area contributed by atoms with Gasteiger partial charge in [-0.05, 0) is 42.9 Å². The molecule has 1 aliphatic heterocycles. The highest BCUT2D eigenvalue weighted by molar-refractivity contribution is 5.43. The van der Waals surface area contributed by atoms with Crippen LogP contribution in [0.2, 0.25) is 0 Å². The molecule has 0 bridgehead atoms. The number of hydrogen-bond acceptors (Lipinski definition) is 3. The Morgan fingerprint density at radius 1 is 1.37 bits per heavy atom. The lowest BCUT2D eigenvalue weighted by molar-refractivity contribution is 0.0669. The second-order valence-electron chi connectivity index (χ2n) is 5.17. The minimum Gasteiger partial charge on any atom is -0.493 e. The fourth-order valence-electron chi connectivity index (χ4n) is 2.30. The third kappa shape index (κ3) is 3.63. The third-order valence-corrected chi connectivity index (χ3v) is 3.82. The molecule has 3 nitrogen and oxygen atoms in total. The van der Waals surface area contributed by atoms with E-state index in [4.69, 9.17) is 14.2 Å². The second kappa shape index (κ2) is 6.80. The quantitative estimate of drug-likeness (QED) is 0.783. The fraction of sp³-hybridized carbons (Fsp3) is 0.625. The smallest absolute Gasteiger partial charge is 0.161 e. The van der Waals surface area contributed by atoms with Gasteiger partial charge in [0.1, 0.15) is 6.61 Å². The van der Waals surface area contributed by atoms with Crippen molar-refractivity contribution in [3.8, 4) is 11.5 Å². The Labute approximate surface area is 115 Å². The van der Waals surface area contributed by atoms with E-state index in [1.54, 1.807) is 7.11 Å². The number of ether oxygens (including phenoxy) is 3. The van der Waals surface area contributed by atoms with Gasteiger partial charge in [-0.3, -0.25) is 0 Å². The topological polar surface area (TPSA) is 27.7 Å². The Kier molecular flexibility index (Phi) is 5.08. The lowest BCUT2D eigenvalue weighted by Gasteiger charge is -2.16. The van der Waals surface area contributed by atoms with Gasteiger partial charge in [0.15, 0.2) is 11.5 Å². The molecule has 1 saturated heterocycles. The summed E-state index contributed by atoms with van der Waals surface area (Å²) in [7, 11) is 1.69. The molecule has 1 aliphatic rings. The van der Waals surface area contributed by atoms with Crippen molar-refractivity contribution in [1.82, 2.24) is 0 Å². The molecule has 1 fully saturated rings. The summed E-state index contributed by atoms with van der Waals surface area (Å²) < 4.78 is 16.8. The van der Waals surface area contributed by atoms with E-state index in [1.807, 2.05) is 6.07 Å². The van der Waals surface area contributed by atoms with Crippen molar-refractivity contribution in [3.63, 3.8) is 0 Å². The summed E-state index contributed by atoms with van der Waals surface area (Å²) >= 11 is 0. The largest absolute Gasteiger partial charge is 0.493 e. The highest BCUT2D eigenvalue weighted by atomic mass is 16.5. The zero-order chi connectivity index (χ0) is 13.7. The van der Waals surface area contributed by atoms with E-state index in [1.165, 1.54) is 5.56 Å². The molecule has 0 radical (unpaired) electrons. The van der Waals surface area contributed by atoms with Gasteiger partial charge in [0, 0.05) is 6.61 Å². The lowest BCUT2D eigenvalue weighted by Crippen LogP contribution is -2.16. The van der Waals surface area contributed by atoms with Gasteiger partial charge in [0.05, 0.1) is 13.2 Å². The SMILES string of the molecule is CCC(C)c1ccc(OCC2CCCO2)c(OC)c1. The van der Waals surface area contributed by atoms with E-state index in [9.17, 15) is 0 Å². The van der Waals surface area contributed by atoms with E-state index < -0.39 is 0 Å². The normalized spacial score (nSPS) is 20.3. The van der Waals surface area contributed by atoms with Crippen molar-refractivity contribution >= 4 is 0 Å². The molecule has 0 spiro atoms. The number of benzene rings is 1. The summed E-state index contributed by atoms with van der Waals surface area (Å²) in [4.78, 5) is 0. The molecular formula is C16H24O3. The third-order valence-electron chi connectivity index (χ3n) is 3.82. The molecule has 2 rings (SSSR count). The van der Waals surface area contributed by atoms with Crippen LogP contribution in [0.3, 0.4) is 0 Å². The second-order valence-corrected chi connectivity index (χ2v) is 5.17. The average molecular weight is 264 g/mol. The van der Waals surface area contributed by atoms with Crippen molar-refractivity contribution in [2.24, 2.45) is 0 Å². The Bertz CT molecular complexity index is 397. The molecule has 106 valence electrons. The summed E-state index contributed by atoms with van der Waals surface area (Å²) in [6, 6.07) is 6.22. The van der Waals surface area contributed by atoms with Crippen molar-refractivity contribution in [3.05, 3.63) is 23.8 Å². The van der Waals surface area contributed by atoms with E-state index in [0.717, 1.165) is 37.4 Å². The molecule has 0 N–H and O–H groups in total. The van der Waals surface area contributed by atoms with Gasteiger partial charge in [-0.1, -0.05) is 19.9 Å². The van der Waals surface area contributed by atoms with Crippen molar-refractivity contribution in [2.45, 2.75) is 45.1 Å². The van der Waals surface area contributed by atoms with Gasteiger partial charge in [-0.2, -0.15) is 0 Å². The molecule has 0 amide bonds. The van der Waals surface area contributed by atoms with Crippen LogP contribution in [0, 0.1) is 0 Å². The molecule has 0 saturated carbocycles. The Morgan fingerprint density at radius 3 is 2.84 bits per heavy atom. The van der Waals surface area contributed by atoms with E-state index >= 15 is 0 Å². The van der Waals surface area contributed by atoms with Crippen LogP contribution in [-0.2, 0) is 4.74 Å². The maximum Gasteiger partial charge on any atom is 0.161 e. The van der Waals surface area contributed by atoms with Gasteiger partial charge in [0.2, 0.25) is 0 Å². The van der Waals surface area contributed by atoms with Crippen LogP contribution >= 0.6 is 0 Å². The van der Waals surface area contributed by atoms with Crippen molar-refractivity contribution in [1.29, 1.82) is 0 Å². The molecule has 1 aromatic carbocycles. The van der Waals surface area contributed by atoms with Gasteiger partial charge in [-0.15, -0.1) is 0 Å². The predicted molar refractivity (Wildman–Crippen MR) is 76.2 cm³/mol. The minimum atomic E-state index is 0.235. The molecular weight excluding hydrogens is 240 g/mol. The zero-order valence-corrected chi connectivity index (χ0v) is 12.1. The summed E-state index contributed by atoms with van der Waals surface area (Å²) in [5.74, 6) is 2.17. The zero-order valence-electron chi connectivity index (χ0n) is 12.1. The standard InChI is InChI=1S/C16H24O3/c1-4-12(2)13-7-8-15(16(10-13)17-3)19-11-14-6-5-9-18-14/h7-8,10,12,14H,4-6,9,11H2,1-3H3. The Hall–Kier alpha value is -1.22. The average Bonchev–Trinajstić information content (AvgIpc) is 2.97. The first-order chi connectivity index (χ1) is 9.24. The maximum atomic E-state index is 5.83. The van der Waals surface area contributed by atoms with Crippen LogP contribution in [0.25, 0.3) is 0 Å².